The first kappa shape index (κ1) is 16.3. The van der Waals surface area contributed by atoms with Crippen molar-refractivity contribution in [3.05, 3.63) is 29.3 Å². The van der Waals surface area contributed by atoms with Crippen molar-refractivity contribution in [1.29, 1.82) is 0 Å². The largest absolute Gasteiger partial charge is 0.493 e. The van der Waals surface area contributed by atoms with E-state index < -0.39 is 0 Å². The molecule has 1 aromatic rings. The van der Waals surface area contributed by atoms with Gasteiger partial charge in [0.25, 0.3) is 0 Å². The van der Waals surface area contributed by atoms with Gasteiger partial charge in [0.15, 0.2) is 0 Å². The standard InChI is InChI=1S/C18H30N2O/c1-4-11-19-17(9-12-20(5-2)6-3)15-7-8-18-16(14-15)10-13-21-18/h7-8,14,17,19H,4-6,9-13H2,1-3H3. The van der Waals surface area contributed by atoms with Crippen LogP contribution in [0.2, 0.25) is 0 Å². The minimum absolute atomic E-state index is 0.455. The van der Waals surface area contributed by atoms with Gasteiger partial charge in [-0.3, -0.25) is 0 Å². The fourth-order valence-electron chi connectivity index (χ4n) is 2.98. The smallest absolute Gasteiger partial charge is 0.122 e. The van der Waals surface area contributed by atoms with Gasteiger partial charge in [-0.25, -0.2) is 0 Å². The van der Waals surface area contributed by atoms with Crippen molar-refractivity contribution >= 4 is 0 Å². The molecule has 1 aromatic carbocycles. The summed E-state index contributed by atoms with van der Waals surface area (Å²) in [5.41, 5.74) is 2.79. The lowest BCUT2D eigenvalue weighted by atomic mass is 9.99. The van der Waals surface area contributed by atoms with Crippen molar-refractivity contribution < 1.29 is 4.74 Å². The molecule has 1 unspecified atom stereocenters. The van der Waals surface area contributed by atoms with Gasteiger partial charge >= 0.3 is 0 Å². The maximum absolute atomic E-state index is 5.62. The molecule has 0 saturated carbocycles. The van der Waals surface area contributed by atoms with Crippen LogP contribution < -0.4 is 10.1 Å². The molecule has 118 valence electrons. The maximum Gasteiger partial charge on any atom is 0.122 e. The Morgan fingerprint density at radius 1 is 1.24 bits per heavy atom. The van der Waals surface area contributed by atoms with Crippen LogP contribution in [0.5, 0.6) is 5.75 Å². The van der Waals surface area contributed by atoms with Crippen molar-refractivity contribution in [2.75, 3.05) is 32.8 Å². The third-order valence-electron chi connectivity index (χ3n) is 4.39. The van der Waals surface area contributed by atoms with E-state index >= 15 is 0 Å². The van der Waals surface area contributed by atoms with E-state index in [9.17, 15) is 0 Å². The fraction of sp³-hybridized carbons (Fsp3) is 0.667. The van der Waals surface area contributed by atoms with Gasteiger partial charge in [0.05, 0.1) is 6.61 Å². The Labute approximate surface area is 129 Å². The molecule has 0 amide bonds. The Balaban J connectivity index is 2.04. The van der Waals surface area contributed by atoms with Gasteiger partial charge in [0.2, 0.25) is 0 Å². The number of rotatable bonds is 9. The van der Waals surface area contributed by atoms with Crippen LogP contribution >= 0.6 is 0 Å². The molecule has 0 saturated heterocycles. The van der Waals surface area contributed by atoms with Crippen LogP contribution in [0.3, 0.4) is 0 Å². The summed E-state index contributed by atoms with van der Waals surface area (Å²) in [7, 11) is 0. The molecule has 0 radical (unpaired) electrons. The average molecular weight is 290 g/mol. The lowest BCUT2D eigenvalue weighted by Crippen LogP contribution is -2.30. The number of hydrogen-bond donors (Lipinski definition) is 1. The highest BCUT2D eigenvalue weighted by molar-refractivity contribution is 5.40. The molecule has 0 fully saturated rings. The summed E-state index contributed by atoms with van der Waals surface area (Å²) in [4.78, 5) is 2.50. The summed E-state index contributed by atoms with van der Waals surface area (Å²) >= 11 is 0. The SMILES string of the molecule is CCCNC(CCN(CC)CC)c1ccc2c(c1)CCO2. The van der Waals surface area contributed by atoms with E-state index in [1.807, 2.05) is 0 Å². The Hall–Kier alpha value is -1.06. The summed E-state index contributed by atoms with van der Waals surface area (Å²) in [5.74, 6) is 1.08. The first-order valence-electron chi connectivity index (χ1n) is 8.49. The van der Waals surface area contributed by atoms with Gasteiger partial charge in [-0.15, -0.1) is 0 Å². The Bertz CT molecular complexity index is 429. The van der Waals surface area contributed by atoms with E-state index in [4.69, 9.17) is 4.74 Å². The summed E-state index contributed by atoms with van der Waals surface area (Å²) in [5, 5.41) is 3.71. The second-order valence-electron chi connectivity index (χ2n) is 5.79. The van der Waals surface area contributed by atoms with E-state index in [0.717, 1.165) is 45.0 Å². The van der Waals surface area contributed by atoms with Crippen molar-refractivity contribution in [1.82, 2.24) is 10.2 Å². The van der Waals surface area contributed by atoms with E-state index in [2.05, 4.69) is 49.2 Å². The summed E-state index contributed by atoms with van der Waals surface area (Å²) < 4.78 is 5.62. The van der Waals surface area contributed by atoms with Crippen LogP contribution in [0, 0.1) is 0 Å². The van der Waals surface area contributed by atoms with Crippen LogP contribution in [0.1, 0.15) is 50.8 Å². The van der Waals surface area contributed by atoms with Crippen LogP contribution in [-0.2, 0) is 6.42 Å². The molecular formula is C18H30N2O. The van der Waals surface area contributed by atoms with E-state index in [0.29, 0.717) is 6.04 Å². The first-order valence-corrected chi connectivity index (χ1v) is 8.49. The number of nitrogens with one attached hydrogen (secondary N) is 1. The molecule has 21 heavy (non-hydrogen) atoms. The molecule has 2 rings (SSSR count). The monoisotopic (exact) mass is 290 g/mol. The number of ether oxygens (including phenoxy) is 1. The number of hydrogen-bond acceptors (Lipinski definition) is 3. The minimum atomic E-state index is 0.455. The van der Waals surface area contributed by atoms with Crippen molar-refractivity contribution in [2.45, 2.75) is 46.1 Å². The molecule has 1 aliphatic rings. The Morgan fingerprint density at radius 2 is 2.05 bits per heavy atom. The fourth-order valence-corrected chi connectivity index (χ4v) is 2.98. The number of fused-ring (bicyclic) bond motifs is 1. The van der Waals surface area contributed by atoms with Gasteiger partial charge in [0.1, 0.15) is 5.75 Å². The molecule has 1 atom stereocenters. The van der Waals surface area contributed by atoms with E-state index in [1.165, 1.54) is 24.0 Å². The lowest BCUT2D eigenvalue weighted by Gasteiger charge is -2.24. The highest BCUT2D eigenvalue weighted by atomic mass is 16.5. The number of benzene rings is 1. The van der Waals surface area contributed by atoms with Crippen molar-refractivity contribution in [2.24, 2.45) is 0 Å². The highest BCUT2D eigenvalue weighted by Gasteiger charge is 2.17. The third kappa shape index (κ3) is 4.45. The molecule has 0 aliphatic carbocycles. The zero-order valence-electron chi connectivity index (χ0n) is 13.8. The van der Waals surface area contributed by atoms with Crippen LogP contribution in [0.4, 0.5) is 0 Å². The summed E-state index contributed by atoms with van der Waals surface area (Å²) in [6, 6.07) is 7.18. The number of nitrogens with zero attached hydrogens (tertiary/aromatic N) is 1. The predicted octanol–water partition coefficient (Wildman–Crippen LogP) is 3.39. The van der Waals surface area contributed by atoms with Gasteiger partial charge in [0, 0.05) is 12.5 Å². The van der Waals surface area contributed by atoms with Crippen molar-refractivity contribution in [3.63, 3.8) is 0 Å². The quantitative estimate of drug-likeness (QED) is 0.754. The molecule has 0 aromatic heterocycles. The molecule has 1 heterocycles. The maximum atomic E-state index is 5.62. The van der Waals surface area contributed by atoms with Crippen LogP contribution in [-0.4, -0.2) is 37.7 Å². The van der Waals surface area contributed by atoms with Crippen LogP contribution in [0.15, 0.2) is 18.2 Å². The van der Waals surface area contributed by atoms with Crippen LogP contribution in [0.25, 0.3) is 0 Å². The molecule has 1 aliphatic heterocycles. The molecule has 1 N–H and O–H groups in total. The van der Waals surface area contributed by atoms with Gasteiger partial charge in [-0.1, -0.05) is 32.9 Å². The molecular weight excluding hydrogens is 260 g/mol. The normalized spacial score (nSPS) is 15.0. The molecule has 0 spiro atoms. The van der Waals surface area contributed by atoms with Gasteiger partial charge in [-0.05, 0) is 56.2 Å². The van der Waals surface area contributed by atoms with Gasteiger partial charge in [-0.2, -0.15) is 0 Å². The second kappa shape index (κ2) is 8.40. The lowest BCUT2D eigenvalue weighted by molar-refractivity contribution is 0.281. The topological polar surface area (TPSA) is 24.5 Å². The molecule has 3 nitrogen and oxygen atoms in total. The molecule has 0 bridgehead atoms. The Kier molecular flexibility index (Phi) is 6.52. The van der Waals surface area contributed by atoms with E-state index in [-0.39, 0.29) is 0 Å². The Morgan fingerprint density at radius 3 is 2.76 bits per heavy atom. The van der Waals surface area contributed by atoms with Crippen molar-refractivity contribution in [3.8, 4) is 5.75 Å². The van der Waals surface area contributed by atoms with Gasteiger partial charge < -0.3 is 15.0 Å². The summed E-state index contributed by atoms with van der Waals surface area (Å²) in [6.07, 6.45) is 3.40. The average Bonchev–Trinajstić information content (AvgIpc) is 2.98. The zero-order valence-corrected chi connectivity index (χ0v) is 13.8. The summed E-state index contributed by atoms with van der Waals surface area (Å²) in [6.45, 7) is 12.0. The molecule has 3 heteroatoms. The predicted molar refractivity (Wildman–Crippen MR) is 89.1 cm³/mol. The first-order chi connectivity index (χ1) is 10.3. The van der Waals surface area contributed by atoms with E-state index in [1.54, 1.807) is 0 Å². The zero-order chi connectivity index (χ0) is 15.1. The minimum Gasteiger partial charge on any atom is -0.493 e. The third-order valence-corrected chi connectivity index (χ3v) is 4.39. The second-order valence-corrected chi connectivity index (χ2v) is 5.79. The highest BCUT2D eigenvalue weighted by Crippen LogP contribution is 2.29.